The lowest BCUT2D eigenvalue weighted by Gasteiger charge is -2.08. The molecule has 2 aromatic rings. The first-order valence-electron chi connectivity index (χ1n) is 5.50. The van der Waals surface area contributed by atoms with E-state index in [1.807, 2.05) is 6.07 Å². The van der Waals surface area contributed by atoms with Crippen LogP contribution in [0.3, 0.4) is 0 Å². The Morgan fingerprint density at radius 1 is 1.39 bits per heavy atom. The van der Waals surface area contributed by atoms with Crippen LogP contribution < -0.4 is 16.6 Å². The van der Waals surface area contributed by atoms with Crippen molar-refractivity contribution < 1.29 is 14.3 Å². The summed E-state index contributed by atoms with van der Waals surface area (Å²) in [5.74, 6) is -1.38. The van der Waals surface area contributed by atoms with Crippen molar-refractivity contribution in [3.8, 4) is 0 Å². The Hall–Kier alpha value is -2.12. The Bertz CT molecular complexity index is 660. The average Bonchev–Trinajstić information content (AvgIpc) is 2.91. The maximum Gasteiger partial charge on any atom is 0.417 e. The average molecular weight is 249 g/mol. The van der Waals surface area contributed by atoms with Gasteiger partial charge in [0.25, 0.3) is 0 Å². The van der Waals surface area contributed by atoms with Gasteiger partial charge in [-0.25, -0.2) is 15.6 Å². The molecule has 0 amide bonds. The number of rotatable bonds is 2. The van der Waals surface area contributed by atoms with Crippen LogP contribution in [-0.2, 0) is 4.79 Å². The maximum absolute atomic E-state index is 11.0. The maximum atomic E-state index is 11.0. The van der Waals surface area contributed by atoms with Crippen LogP contribution in [0.4, 0.5) is 0 Å². The van der Waals surface area contributed by atoms with Gasteiger partial charge >= 0.3 is 11.7 Å². The van der Waals surface area contributed by atoms with Crippen molar-refractivity contribution in [2.24, 2.45) is 0 Å². The Morgan fingerprint density at radius 2 is 2.22 bits per heavy atom. The minimum atomic E-state index is -0.886. The third kappa shape index (κ3) is 1.79. The van der Waals surface area contributed by atoms with E-state index < -0.39 is 17.8 Å². The molecule has 1 fully saturated rings. The van der Waals surface area contributed by atoms with Crippen LogP contribution in [0, 0.1) is 0 Å². The van der Waals surface area contributed by atoms with E-state index in [0.717, 1.165) is 5.56 Å². The summed E-state index contributed by atoms with van der Waals surface area (Å²) in [5, 5.41) is 8.89. The van der Waals surface area contributed by atoms with Crippen LogP contribution in [0.25, 0.3) is 11.1 Å². The van der Waals surface area contributed by atoms with Crippen molar-refractivity contribution in [1.29, 1.82) is 0 Å². The fourth-order valence-electron chi connectivity index (χ4n) is 2.12. The van der Waals surface area contributed by atoms with Gasteiger partial charge in [0, 0.05) is 6.04 Å². The summed E-state index contributed by atoms with van der Waals surface area (Å²) in [6, 6.07) is 4.58. The van der Waals surface area contributed by atoms with Crippen molar-refractivity contribution >= 4 is 17.1 Å². The van der Waals surface area contributed by atoms with Crippen molar-refractivity contribution in [2.75, 3.05) is 0 Å². The number of aliphatic carboxylic acids is 1. The zero-order chi connectivity index (χ0) is 12.7. The van der Waals surface area contributed by atoms with Gasteiger partial charge in [0.15, 0.2) is 5.58 Å². The van der Waals surface area contributed by atoms with Crippen LogP contribution >= 0.6 is 0 Å². The lowest BCUT2D eigenvalue weighted by atomic mass is 10.0. The second-order valence-electron chi connectivity index (χ2n) is 4.24. The van der Waals surface area contributed by atoms with Gasteiger partial charge in [0.2, 0.25) is 0 Å². The van der Waals surface area contributed by atoms with Crippen LogP contribution in [0.5, 0.6) is 0 Å². The van der Waals surface area contributed by atoms with Crippen LogP contribution in [0.2, 0.25) is 0 Å². The van der Waals surface area contributed by atoms with E-state index in [-0.39, 0.29) is 6.04 Å². The van der Waals surface area contributed by atoms with Crippen LogP contribution in [-0.4, -0.2) is 22.1 Å². The first-order chi connectivity index (χ1) is 8.63. The van der Waals surface area contributed by atoms with Gasteiger partial charge in [0.05, 0.1) is 5.52 Å². The number of hydrazine groups is 1. The molecule has 1 aliphatic heterocycles. The zero-order valence-electron chi connectivity index (χ0n) is 9.27. The summed E-state index contributed by atoms with van der Waals surface area (Å²) in [7, 11) is 0. The molecule has 3 rings (SSSR count). The number of hydrogen-bond donors (Lipinski definition) is 4. The van der Waals surface area contributed by atoms with Crippen LogP contribution in [0.15, 0.2) is 27.4 Å². The molecule has 0 radical (unpaired) electrons. The smallest absolute Gasteiger partial charge is 0.417 e. The highest BCUT2D eigenvalue weighted by Gasteiger charge is 2.29. The highest BCUT2D eigenvalue weighted by atomic mass is 16.4. The summed E-state index contributed by atoms with van der Waals surface area (Å²) < 4.78 is 4.90. The topological polar surface area (TPSA) is 107 Å². The van der Waals surface area contributed by atoms with E-state index in [9.17, 15) is 9.59 Å². The summed E-state index contributed by atoms with van der Waals surface area (Å²) in [6.07, 6.45) is 0.447. The van der Waals surface area contributed by atoms with Gasteiger partial charge < -0.3 is 9.52 Å². The third-order valence-corrected chi connectivity index (χ3v) is 3.05. The molecular weight excluding hydrogens is 238 g/mol. The predicted molar refractivity (Wildman–Crippen MR) is 61.9 cm³/mol. The molecule has 0 bridgehead atoms. The molecular formula is C11H11N3O4. The van der Waals surface area contributed by atoms with Gasteiger partial charge in [0.1, 0.15) is 6.04 Å². The van der Waals surface area contributed by atoms with Crippen molar-refractivity contribution in [3.05, 3.63) is 34.3 Å². The highest BCUT2D eigenvalue weighted by Crippen LogP contribution is 2.24. The fraction of sp³-hybridized carbons (Fsp3) is 0.273. The number of aromatic nitrogens is 1. The number of oxazole rings is 1. The standard InChI is InChI=1S/C11H11N3O4/c15-10(16)8-4-6(13-14-8)5-1-2-9-7(3-5)12-11(17)18-9/h1-3,6,8,13-14H,4H2,(H,12,17)(H,15,16). The van der Waals surface area contributed by atoms with Crippen molar-refractivity contribution in [1.82, 2.24) is 15.8 Å². The molecule has 1 aromatic heterocycles. The lowest BCUT2D eigenvalue weighted by Crippen LogP contribution is -2.36. The van der Waals surface area contributed by atoms with E-state index >= 15 is 0 Å². The molecule has 7 heteroatoms. The number of nitrogens with one attached hydrogen (secondary N) is 3. The van der Waals surface area contributed by atoms with Gasteiger partial charge in [-0.05, 0) is 24.1 Å². The first kappa shape index (κ1) is 11.0. The number of hydrogen-bond acceptors (Lipinski definition) is 5. The fourth-order valence-corrected chi connectivity index (χ4v) is 2.12. The number of H-pyrrole nitrogens is 1. The minimum absolute atomic E-state index is 0.103. The lowest BCUT2D eigenvalue weighted by molar-refractivity contribution is -0.139. The van der Waals surface area contributed by atoms with Crippen molar-refractivity contribution in [3.63, 3.8) is 0 Å². The van der Waals surface area contributed by atoms with Gasteiger partial charge in [-0.3, -0.25) is 9.78 Å². The number of carbonyl (C=O) groups is 1. The van der Waals surface area contributed by atoms with Gasteiger partial charge in [-0.1, -0.05) is 6.07 Å². The number of carboxylic acids is 1. The number of aromatic amines is 1. The minimum Gasteiger partial charge on any atom is -0.480 e. The summed E-state index contributed by atoms with van der Waals surface area (Å²) in [4.78, 5) is 24.4. The first-order valence-corrected chi connectivity index (χ1v) is 5.50. The summed E-state index contributed by atoms with van der Waals surface area (Å²) in [5.41, 5.74) is 7.63. The molecule has 1 aliphatic rings. The predicted octanol–water partition coefficient (Wildman–Crippen LogP) is 0.113. The normalized spacial score (nSPS) is 23.6. The molecule has 18 heavy (non-hydrogen) atoms. The second kappa shape index (κ2) is 3.97. The second-order valence-corrected chi connectivity index (χ2v) is 4.24. The quantitative estimate of drug-likeness (QED) is 0.602. The molecule has 0 spiro atoms. The Morgan fingerprint density at radius 3 is 2.94 bits per heavy atom. The number of benzene rings is 1. The molecule has 94 valence electrons. The number of fused-ring (bicyclic) bond motifs is 1. The van der Waals surface area contributed by atoms with E-state index in [1.165, 1.54) is 0 Å². The van der Waals surface area contributed by atoms with Gasteiger partial charge in [-0.2, -0.15) is 0 Å². The van der Waals surface area contributed by atoms with Crippen molar-refractivity contribution in [2.45, 2.75) is 18.5 Å². The molecule has 0 aliphatic carbocycles. The molecule has 4 N–H and O–H groups in total. The van der Waals surface area contributed by atoms with E-state index in [1.54, 1.807) is 12.1 Å². The van der Waals surface area contributed by atoms with E-state index in [4.69, 9.17) is 9.52 Å². The molecule has 1 aromatic carbocycles. The zero-order valence-corrected chi connectivity index (χ0v) is 9.27. The molecule has 7 nitrogen and oxygen atoms in total. The Balaban J connectivity index is 1.91. The monoisotopic (exact) mass is 249 g/mol. The van der Waals surface area contributed by atoms with Crippen LogP contribution in [0.1, 0.15) is 18.0 Å². The molecule has 1 saturated heterocycles. The molecule has 2 unspecified atom stereocenters. The van der Waals surface area contributed by atoms with E-state index in [2.05, 4.69) is 15.8 Å². The summed E-state index contributed by atoms with van der Waals surface area (Å²) >= 11 is 0. The largest absolute Gasteiger partial charge is 0.480 e. The Labute approximate surface area is 101 Å². The molecule has 2 heterocycles. The summed E-state index contributed by atoms with van der Waals surface area (Å²) in [6.45, 7) is 0. The SMILES string of the molecule is O=C(O)C1CC(c2ccc3oc(=O)[nH]c3c2)NN1. The number of carboxylic acid groups (broad SMARTS) is 1. The third-order valence-electron chi connectivity index (χ3n) is 3.05. The molecule has 0 saturated carbocycles. The Kier molecular flexibility index (Phi) is 2.42. The molecule has 2 atom stereocenters. The van der Waals surface area contributed by atoms with Gasteiger partial charge in [-0.15, -0.1) is 0 Å². The van der Waals surface area contributed by atoms with E-state index in [0.29, 0.717) is 17.5 Å². The highest BCUT2D eigenvalue weighted by molar-refractivity contribution is 5.75.